The van der Waals surface area contributed by atoms with E-state index in [0.29, 0.717) is 0 Å². The highest BCUT2D eigenvalue weighted by molar-refractivity contribution is 7.71. The van der Waals surface area contributed by atoms with Crippen molar-refractivity contribution in [3.63, 3.8) is 0 Å². The fourth-order valence-corrected chi connectivity index (χ4v) is 1.24. The maximum atomic E-state index is 5.10. The number of nitrogens with zero attached hydrogens (tertiary/aromatic N) is 1. The summed E-state index contributed by atoms with van der Waals surface area (Å²) in [5.74, 6) is 0. The smallest absolute Gasteiger partial charge is 0.106 e. The molecule has 0 saturated carbocycles. The molecule has 1 nitrogen and oxygen atoms in total. The van der Waals surface area contributed by atoms with E-state index in [-0.39, 0.29) is 0 Å². The van der Waals surface area contributed by atoms with Crippen molar-refractivity contribution in [1.29, 1.82) is 0 Å². The number of aryl methyl sites for hydroxylation is 2. The normalized spacial score (nSPS) is 9.80. The van der Waals surface area contributed by atoms with Gasteiger partial charge in [0.1, 0.15) is 4.64 Å². The second kappa shape index (κ2) is 2.97. The molecule has 0 amide bonds. The molecule has 0 N–H and O–H groups in total. The first-order chi connectivity index (χ1) is 4.74. The first kappa shape index (κ1) is 7.48. The molecule has 2 heteroatoms. The molecule has 0 radical (unpaired) electrons. The van der Waals surface area contributed by atoms with Crippen LogP contribution < -0.4 is 0 Å². The van der Waals surface area contributed by atoms with E-state index in [9.17, 15) is 0 Å². The molecule has 0 bridgehead atoms. The zero-order chi connectivity index (χ0) is 7.56. The minimum atomic E-state index is 0.919. The molecule has 0 aliphatic rings. The van der Waals surface area contributed by atoms with Crippen LogP contribution in [0.1, 0.15) is 12.5 Å². The van der Waals surface area contributed by atoms with Gasteiger partial charge in [0.25, 0.3) is 0 Å². The minimum absolute atomic E-state index is 0.919. The van der Waals surface area contributed by atoms with Crippen molar-refractivity contribution in [3.8, 4) is 0 Å². The van der Waals surface area contributed by atoms with Crippen LogP contribution in [0.15, 0.2) is 18.3 Å². The van der Waals surface area contributed by atoms with Gasteiger partial charge in [-0.05, 0) is 31.5 Å². The average Bonchev–Trinajstić information content (AvgIpc) is 1.88. The summed E-state index contributed by atoms with van der Waals surface area (Å²) in [7, 11) is 0. The van der Waals surface area contributed by atoms with Crippen LogP contribution in [0.25, 0.3) is 0 Å². The fraction of sp³-hybridized carbons (Fsp3) is 0.375. The summed E-state index contributed by atoms with van der Waals surface area (Å²) in [6.45, 7) is 5.10. The van der Waals surface area contributed by atoms with Crippen LogP contribution in [-0.4, -0.2) is 4.57 Å². The lowest BCUT2D eigenvalue weighted by atomic mass is 10.3. The highest BCUT2D eigenvalue weighted by atomic mass is 32.1. The van der Waals surface area contributed by atoms with Crippen LogP contribution >= 0.6 is 12.2 Å². The average molecular weight is 153 g/mol. The van der Waals surface area contributed by atoms with Gasteiger partial charge in [0, 0.05) is 12.7 Å². The van der Waals surface area contributed by atoms with E-state index in [0.717, 1.165) is 11.2 Å². The van der Waals surface area contributed by atoms with Crippen LogP contribution in [0, 0.1) is 11.6 Å². The Morgan fingerprint density at radius 3 is 2.80 bits per heavy atom. The van der Waals surface area contributed by atoms with Gasteiger partial charge >= 0.3 is 0 Å². The number of pyridine rings is 1. The van der Waals surface area contributed by atoms with Crippen LogP contribution in [0.5, 0.6) is 0 Å². The summed E-state index contributed by atoms with van der Waals surface area (Å²) in [5, 5.41) is 0. The largest absolute Gasteiger partial charge is 0.340 e. The van der Waals surface area contributed by atoms with Crippen LogP contribution in [0.3, 0.4) is 0 Å². The predicted octanol–water partition coefficient (Wildman–Crippen LogP) is 2.55. The third-order valence-corrected chi connectivity index (χ3v) is 1.84. The molecule has 10 heavy (non-hydrogen) atoms. The molecular weight excluding hydrogens is 142 g/mol. The second-order valence-corrected chi connectivity index (χ2v) is 2.75. The monoisotopic (exact) mass is 153 g/mol. The molecule has 1 aromatic rings. The van der Waals surface area contributed by atoms with Crippen LogP contribution in [-0.2, 0) is 6.54 Å². The van der Waals surface area contributed by atoms with Crippen molar-refractivity contribution < 1.29 is 0 Å². The van der Waals surface area contributed by atoms with Gasteiger partial charge in [-0.3, -0.25) is 0 Å². The zero-order valence-electron chi connectivity index (χ0n) is 6.29. The van der Waals surface area contributed by atoms with Gasteiger partial charge in [0.05, 0.1) is 0 Å². The number of hydrogen-bond acceptors (Lipinski definition) is 1. The van der Waals surface area contributed by atoms with E-state index in [1.165, 1.54) is 5.56 Å². The first-order valence-corrected chi connectivity index (χ1v) is 3.82. The second-order valence-electron chi connectivity index (χ2n) is 2.33. The molecule has 54 valence electrons. The lowest BCUT2D eigenvalue weighted by Crippen LogP contribution is -1.95. The van der Waals surface area contributed by atoms with E-state index < -0.39 is 0 Å². The van der Waals surface area contributed by atoms with Crippen molar-refractivity contribution in [2.45, 2.75) is 20.4 Å². The minimum Gasteiger partial charge on any atom is -0.340 e. The Morgan fingerprint density at radius 1 is 1.60 bits per heavy atom. The summed E-state index contributed by atoms with van der Waals surface area (Å²) in [6.07, 6.45) is 2.03. The van der Waals surface area contributed by atoms with Crippen molar-refractivity contribution in [3.05, 3.63) is 28.5 Å². The Morgan fingerprint density at radius 2 is 2.30 bits per heavy atom. The zero-order valence-corrected chi connectivity index (χ0v) is 7.11. The van der Waals surface area contributed by atoms with Gasteiger partial charge in [-0.2, -0.15) is 0 Å². The van der Waals surface area contributed by atoms with E-state index in [2.05, 4.69) is 19.9 Å². The van der Waals surface area contributed by atoms with Crippen molar-refractivity contribution in [2.24, 2.45) is 0 Å². The molecule has 1 rings (SSSR count). The van der Waals surface area contributed by atoms with Gasteiger partial charge in [-0.15, -0.1) is 0 Å². The summed E-state index contributed by atoms with van der Waals surface area (Å²) < 4.78 is 2.96. The quantitative estimate of drug-likeness (QED) is 0.561. The highest BCUT2D eigenvalue weighted by Crippen LogP contribution is 1.98. The van der Waals surface area contributed by atoms with E-state index in [4.69, 9.17) is 12.2 Å². The van der Waals surface area contributed by atoms with Crippen molar-refractivity contribution >= 4 is 12.2 Å². The lowest BCUT2D eigenvalue weighted by Gasteiger charge is -2.01. The molecule has 0 aliphatic carbocycles. The fourth-order valence-electron chi connectivity index (χ4n) is 0.868. The first-order valence-electron chi connectivity index (χ1n) is 3.41. The Labute approximate surface area is 66.3 Å². The van der Waals surface area contributed by atoms with Gasteiger partial charge in [-0.1, -0.05) is 12.2 Å². The van der Waals surface area contributed by atoms with Crippen molar-refractivity contribution in [1.82, 2.24) is 4.57 Å². The Bertz CT molecular complexity index is 275. The topological polar surface area (TPSA) is 4.93 Å². The van der Waals surface area contributed by atoms with E-state index >= 15 is 0 Å². The highest BCUT2D eigenvalue weighted by Gasteiger charge is 1.86. The summed E-state index contributed by atoms with van der Waals surface area (Å²) in [4.78, 5) is 0. The van der Waals surface area contributed by atoms with Gasteiger partial charge in [-0.25, -0.2) is 0 Å². The van der Waals surface area contributed by atoms with E-state index in [1.54, 1.807) is 0 Å². The molecule has 0 unspecified atom stereocenters. The van der Waals surface area contributed by atoms with Crippen molar-refractivity contribution in [2.75, 3.05) is 0 Å². The molecule has 0 spiro atoms. The molecule has 0 aliphatic heterocycles. The summed E-state index contributed by atoms with van der Waals surface area (Å²) in [5.41, 5.74) is 1.23. The Kier molecular flexibility index (Phi) is 2.22. The molecular formula is C8H11NS. The molecule has 1 aromatic heterocycles. The molecule has 0 atom stereocenters. The number of aromatic nitrogens is 1. The molecule has 0 aromatic carbocycles. The predicted molar refractivity (Wildman–Crippen MR) is 45.7 cm³/mol. The molecule has 0 fully saturated rings. The summed E-state index contributed by atoms with van der Waals surface area (Å²) >= 11 is 5.10. The number of hydrogen-bond donors (Lipinski definition) is 0. The SMILES string of the molecule is CCn1ccc(C)cc1=S. The lowest BCUT2D eigenvalue weighted by molar-refractivity contribution is 0.743. The number of rotatable bonds is 1. The van der Waals surface area contributed by atoms with Crippen LogP contribution in [0.4, 0.5) is 0 Å². The Hall–Kier alpha value is -0.630. The van der Waals surface area contributed by atoms with E-state index in [1.807, 2.05) is 16.8 Å². The third-order valence-electron chi connectivity index (χ3n) is 1.49. The third kappa shape index (κ3) is 1.45. The van der Waals surface area contributed by atoms with Gasteiger partial charge < -0.3 is 4.57 Å². The molecule has 1 heterocycles. The maximum Gasteiger partial charge on any atom is 0.106 e. The summed E-state index contributed by atoms with van der Waals surface area (Å²) in [6, 6.07) is 4.08. The standard InChI is InChI=1S/C8H11NS/c1-3-9-5-4-7(2)6-8(9)10/h4-6H,3H2,1-2H3. The Balaban J connectivity index is 3.20. The van der Waals surface area contributed by atoms with Gasteiger partial charge in [0.2, 0.25) is 0 Å². The van der Waals surface area contributed by atoms with Gasteiger partial charge in [0.15, 0.2) is 0 Å². The van der Waals surface area contributed by atoms with Crippen LogP contribution in [0.2, 0.25) is 0 Å². The molecule has 0 saturated heterocycles. The maximum absolute atomic E-state index is 5.10.